The quantitative estimate of drug-likeness (QED) is 0.367. The normalized spacial score (nSPS) is 22.7. The lowest BCUT2D eigenvalue weighted by Gasteiger charge is -2.38. The van der Waals surface area contributed by atoms with Gasteiger partial charge in [-0.25, -0.2) is 4.39 Å². The van der Waals surface area contributed by atoms with Crippen LogP contribution in [0.25, 0.3) is 11.1 Å². The first-order valence-electron chi connectivity index (χ1n) is 13.3. The molecule has 1 fully saturated rings. The standard InChI is InChI=1S/C28H25Cl2FN2O3/c1-2-13-33-26(35)23-10-9-22(18-3-5-19(29)6-4-18)25(31)24(23)28(33,36-17-27(16-34)11-12-27)14-21-8-7-20(30)15-32-21/h2-10,13,15,34H,11-12,14,16-17H2,1H3/t28-/m1/s1/i16D2,17D2. The third-order valence-corrected chi connectivity index (χ3v) is 6.89. The topological polar surface area (TPSA) is 62.7 Å². The predicted octanol–water partition coefficient (Wildman–Crippen LogP) is 6.37. The fraction of sp³-hybridized carbons (Fsp3) is 0.286. The molecule has 2 heterocycles. The van der Waals surface area contributed by atoms with Gasteiger partial charge in [-0.3, -0.25) is 14.7 Å². The van der Waals surface area contributed by atoms with E-state index in [0.717, 1.165) is 4.90 Å². The summed E-state index contributed by atoms with van der Waals surface area (Å²) in [7, 11) is 0. The highest BCUT2D eigenvalue weighted by Gasteiger charge is 2.55. The van der Waals surface area contributed by atoms with Crippen LogP contribution in [0.2, 0.25) is 10.0 Å². The molecule has 2 aromatic carbocycles. The van der Waals surface area contributed by atoms with Gasteiger partial charge in [0.1, 0.15) is 5.82 Å². The van der Waals surface area contributed by atoms with Crippen LogP contribution in [0.1, 0.15) is 46.9 Å². The fourth-order valence-electron chi connectivity index (χ4n) is 4.35. The minimum Gasteiger partial charge on any atom is -0.396 e. The van der Waals surface area contributed by atoms with Crippen molar-refractivity contribution in [1.82, 2.24) is 9.88 Å². The molecule has 1 saturated carbocycles. The maximum absolute atomic E-state index is 16.7. The summed E-state index contributed by atoms with van der Waals surface area (Å²) in [6.45, 7) is -4.15. The van der Waals surface area contributed by atoms with Crippen molar-refractivity contribution in [2.45, 2.75) is 31.9 Å². The zero-order chi connectivity index (χ0) is 29.1. The molecule has 5 rings (SSSR count). The molecule has 1 aliphatic carbocycles. The van der Waals surface area contributed by atoms with Gasteiger partial charge in [0.2, 0.25) is 0 Å². The Morgan fingerprint density at radius 1 is 1.14 bits per heavy atom. The van der Waals surface area contributed by atoms with Gasteiger partial charge in [0.05, 0.1) is 34.8 Å². The molecule has 0 spiro atoms. The van der Waals surface area contributed by atoms with E-state index in [2.05, 4.69) is 4.98 Å². The summed E-state index contributed by atoms with van der Waals surface area (Å²) < 4.78 is 56.6. The fourth-order valence-corrected chi connectivity index (χ4v) is 4.59. The molecule has 1 aliphatic heterocycles. The van der Waals surface area contributed by atoms with E-state index in [4.69, 9.17) is 33.4 Å². The number of rotatable bonds is 8. The lowest BCUT2D eigenvalue weighted by atomic mass is 9.91. The highest BCUT2D eigenvalue weighted by Crippen LogP contribution is 2.51. The maximum Gasteiger partial charge on any atom is 0.260 e. The Hall–Kier alpha value is -2.77. The van der Waals surface area contributed by atoms with Crippen molar-refractivity contribution >= 4 is 29.1 Å². The van der Waals surface area contributed by atoms with Crippen molar-refractivity contribution in [3.63, 3.8) is 0 Å². The zero-order valence-corrected chi connectivity index (χ0v) is 20.8. The molecule has 0 saturated heterocycles. The number of ether oxygens (including phenoxy) is 1. The van der Waals surface area contributed by atoms with Gasteiger partial charge in [-0.15, -0.1) is 0 Å². The number of hydrogen-bond acceptors (Lipinski definition) is 4. The van der Waals surface area contributed by atoms with Crippen molar-refractivity contribution < 1.29 is 24.5 Å². The molecule has 1 aromatic heterocycles. The third kappa shape index (κ3) is 4.33. The lowest BCUT2D eigenvalue weighted by Crippen LogP contribution is -2.46. The summed E-state index contributed by atoms with van der Waals surface area (Å²) in [6, 6.07) is 12.5. The number of carbonyl (C=O) groups excluding carboxylic acids is 1. The predicted molar refractivity (Wildman–Crippen MR) is 137 cm³/mol. The van der Waals surface area contributed by atoms with Crippen molar-refractivity contribution in [3.8, 4) is 11.1 Å². The third-order valence-electron chi connectivity index (χ3n) is 6.41. The first-order chi connectivity index (χ1) is 18.8. The number of halogens is 3. The van der Waals surface area contributed by atoms with Crippen LogP contribution < -0.4 is 0 Å². The molecule has 8 heteroatoms. The second-order valence-corrected chi connectivity index (χ2v) is 9.71. The molecule has 0 bridgehead atoms. The molecule has 1 atom stereocenters. The van der Waals surface area contributed by atoms with Crippen LogP contribution in [0.4, 0.5) is 4.39 Å². The molecule has 186 valence electrons. The smallest absolute Gasteiger partial charge is 0.260 e. The molecule has 0 unspecified atom stereocenters. The molecular weight excluding hydrogens is 502 g/mol. The van der Waals surface area contributed by atoms with Crippen molar-refractivity contribution in [1.29, 1.82) is 0 Å². The Bertz CT molecular complexity index is 1490. The van der Waals surface area contributed by atoms with Crippen molar-refractivity contribution in [2.75, 3.05) is 13.1 Å². The molecule has 0 radical (unpaired) electrons. The number of hydrogen-bond donors (Lipinski definition) is 1. The van der Waals surface area contributed by atoms with E-state index < -0.39 is 36.0 Å². The molecule has 3 aromatic rings. The van der Waals surface area contributed by atoms with Crippen LogP contribution >= 0.6 is 23.2 Å². The van der Waals surface area contributed by atoms with Gasteiger partial charge >= 0.3 is 0 Å². The van der Waals surface area contributed by atoms with E-state index in [1.165, 1.54) is 30.6 Å². The number of aliphatic hydroxyl groups is 1. The van der Waals surface area contributed by atoms with Gasteiger partial charge in [0, 0.05) is 40.5 Å². The Kier molecular flexibility index (Phi) is 5.41. The van der Waals surface area contributed by atoms with Crippen LogP contribution in [0, 0.1) is 11.2 Å². The second kappa shape index (κ2) is 9.60. The van der Waals surface area contributed by atoms with E-state index in [1.807, 2.05) is 0 Å². The van der Waals surface area contributed by atoms with E-state index in [0.29, 0.717) is 21.3 Å². The summed E-state index contributed by atoms with van der Waals surface area (Å²) in [5, 5.41) is 11.1. The first-order valence-corrected chi connectivity index (χ1v) is 12.1. The van der Waals surface area contributed by atoms with Crippen LogP contribution in [0.3, 0.4) is 0 Å². The van der Waals surface area contributed by atoms with E-state index in [-0.39, 0.29) is 36.0 Å². The molecule has 1 N–H and O–H groups in total. The van der Waals surface area contributed by atoms with Crippen LogP contribution in [0.15, 0.2) is 67.0 Å². The van der Waals surface area contributed by atoms with Crippen molar-refractivity contribution in [2.24, 2.45) is 5.41 Å². The van der Waals surface area contributed by atoms with Gasteiger partial charge < -0.3 is 9.84 Å². The average molecular weight is 531 g/mol. The monoisotopic (exact) mass is 530 g/mol. The van der Waals surface area contributed by atoms with Crippen LogP contribution in [-0.4, -0.2) is 34.0 Å². The van der Waals surface area contributed by atoms with Gasteiger partial charge in [0.25, 0.3) is 5.91 Å². The summed E-state index contributed by atoms with van der Waals surface area (Å²) in [4.78, 5) is 19.2. The van der Waals surface area contributed by atoms with Gasteiger partial charge in [-0.05, 0) is 55.7 Å². The largest absolute Gasteiger partial charge is 0.396 e. The minimum atomic E-state index is -2.95. The number of fused-ring (bicyclic) bond motifs is 1. The number of nitrogens with zero attached hydrogens (tertiary/aromatic N) is 2. The highest BCUT2D eigenvalue weighted by molar-refractivity contribution is 6.30. The van der Waals surface area contributed by atoms with Crippen LogP contribution in [0.5, 0.6) is 0 Å². The van der Waals surface area contributed by atoms with Gasteiger partial charge in [-0.2, -0.15) is 0 Å². The highest BCUT2D eigenvalue weighted by atomic mass is 35.5. The molecular formula is C28H25Cl2FN2O3. The minimum absolute atomic E-state index is 0.0174. The number of benzene rings is 2. The second-order valence-electron chi connectivity index (χ2n) is 8.84. The number of allylic oxidation sites excluding steroid dienone is 1. The number of carbonyl (C=O) groups is 1. The number of pyridine rings is 1. The van der Waals surface area contributed by atoms with Crippen LogP contribution in [-0.2, 0) is 16.9 Å². The average Bonchev–Trinajstić information content (AvgIpc) is 3.69. The van der Waals surface area contributed by atoms with Gasteiger partial charge in [0.15, 0.2) is 5.72 Å². The molecule has 1 amide bonds. The first kappa shape index (κ1) is 20.3. The Morgan fingerprint density at radius 3 is 2.44 bits per heavy atom. The zero-order valence-electron chi connectivity index (χ0n) is 23.3. The van der Waals surface area contributed by atoms with Gasteiger partial charge in [-0.1, -0.05) is 47.5 Å². The Labute approximate surface area is 224 Å². The SMILES string of the molecule is [2H]C([2H])(O)C1(C([2H])([2H])O[C@]2(Cc3ccc(Cl)cn3)c3c(ccc(-c4ccc(Cl)cc4)c3F)C(=O)N2C=CC)CC1. The van der Waals surface area contributed by atoms with E-state index >= 15 is 4.39 Å². The summed E-state index contributed by atoms with van der Waals surface area (Å²) in [5.41, 5.74) is -3.44. The summed E-state index contributed by atoms with van der Waals surface area (Å²) >= 11 is 12.1. The molecule has 5 nitrogen and oxygen atoms in total. The summed E-state index contributed by atoms with van der Waals surface area (Å²) in [5.74, 6) is -1.46. The molecule has 2 aliphatic rings. The summed E-state index contributed by atoms with van der Waals surface area (Å²) in [6.07, 6.45) is 3.92. The lowest BCUT2D eigenvalue weighted by molar-refractivity contribution is -0.140. The number of aromatic nitrogens is 1. The molecule has 36 heavy (non-hydrogen) atoms. The number of amides is 1. The van der Waals surface area contributed by atoms with E-state index in [9.17, 15) is 9.90 Å². The maximum atomic E-state index is 16.7. The Morgan fingerprint density at radius 2 is 1.83 bits per heavy atom. The van der Waals surface area contributed by atoms with Crippen molar-refractivity contribution in [3.05, 3.63) is 99.7 Å². The Balaban J connectivity index is 1.78. The van der Waals surface area contributed by atoms with E-state index in [1.54, 1.807) is 43.3 Å².